The first-order valence-electron chi connectivity index (χ1n) is 9.58. The monoisotopic (exact) mass is 354 g/mol. The maximum atomic E-state index is 13.6. The number of halogens is 6. The lowest BCUT2D eigenvalue weighted by Gasteiger charge is -2.18. The van der Waals surface area contributed by atoms with Crippen LogP contribution in [0.3, 0.4) is 0 Å². The number of nitrogens with zero attached hydrogens (tertiary/aromatic N) is 1. The van der Waals surface area contributed by atoms with Crippen LogP contribution in [0.5, 0.6) is 0 Å². The molecule has 7 heteroatoms. The first-order chi connectivity index (χ1) is 13.2. The Labute approximate surface area is 144 Å². The Morgan fingerprint density at radius 1 is 0.875 bits per heavy atom. The predicted octanol–water partition coefficient (Wildman–Crippen LogP) is 5.14. The van der Waals surface area contributed by atoms with E-state index in [9.17, 15) is 26.3 Å². The molecule has 0 bridgehead atoms. The van der Waals surface area contributed by atoms with Crippen LogP contribution in [0.15, 0.2) is 24.4 Å². The lowest BCUT2D eigenvalue weighted by molar-refractivity contribution is -0.660. The molecule has 0 N–H and O–H groups in total. The van der Waals surface area contributed by atoms with Gasteiger partial charge < -0.3 is 0 Å². The van der Waals surface area contributed by atoms with E-state index in [1.165, 1.54) is 7.05 Å². The average Bonchev–Trinajstić information content (AvgIpc) is 2.50. The molecule has 2 aromatic rings. The van der Waals surface area contributed by atoms with Crippen molar-refractivity contribution in [3.63, 3.8) is 0 Å². The van der Waals surface area contributed by atoms with E-state index >= 15 is 0 Å². The van der Waals surface area contributed by atoms with Gasteiger partial charge in [-0.05, 0) is 43.9 Å². The van der Waals surface area contributed by atoms with E-state index in [0.717, 1.165) is 23.8 Å². The molecule has 0 radical (unpaired) electrons. The summed E-state index contributed by atoms with van der Waals surface area (Å²) in [5, 5.41) is 0. The molecule has 0 unspecified atom stereocenters. The van der Waals surface area contributed by atoms with Crippen LogP contribution in [0.25, 0.3) is 11.3 Å². The molecule has 0 aliphatic rings. The number of rotatable bonds is 1. The first-order valence-corrected chi connectivity index (χ1v) is 6.58. The number of alkyl halides is 6. The van der Waals surface area contributed by atoms with Crippen LogP contribution in [0.4, 0.5) is 26.3 Å². The fourth-order valence-corrected chi connectivity index (χ4v) is 2.41. The summed E-state index contributed by atoms with van der Waals surface area (Å²) < 4.78 is 126. The summed E-state index contributed by atoms with van der Waals surface area (Å²) in [6, 6.07) is 1.24. The largest absolute Gasteiger partial charge is 0.417 e. The molecule has 0 aliphatic carbocycles. The number of hydrogen-bond acceptors (Lipinski definition) is 0. The van der Waals surface area contributed by atoms with Crippen molar-refractivity contribution in [2.24, 2.45) is 7.05 Å². The van der Waals surface area contributed by atoms with Crippen molar-refractivity contribution in [1.82, 2.24) is 0 Å². The Hall–Kier alpha value is -2.05. The summed E-state index contributed by atoms with van der Waals surface area (Å²) in [5.74, 6) is 0. The average molecular weight is 354 g/mol. The number of hydrogen-bond donors (Lipinski definition) is 0. The summed E-state index contributed by atoms with van der Waals surface area (Å²) in [6.45, 7) is -4.82. The SMILES string of the molecule is [2H]C([2H])([2H])c1cc(-c2c(C)cc(C(F)(F)F)cc2C(F)(F)F)[n+](C)cc1C([2H])([2H])[2H]. The Balaban J connectivity index is 2.97. The van der Waals surface area contributed by atoms with E-state index in [-0.39, 0.29) is 11.8 Å². The molecule has 1 nitrogen and oxygen atoms in total. The summed E-state index contributed by atoms with van der Waals surface area (Å²) in [4.78, 5) is 0. The Morgan fingerprint density at radius 2 is 1.50 bits per heavy atom. The van der Waals surface area contributed by atoms with Crippen LogP contribution >= 0.6 is 0 Å². The fourth-order valence-electron chi connectivity index (χ4n) is 2.41. The molecule has 0 amide bonds. The van der Waals surface area contributed by atoms with Crippen LogP contribution < -0.4 is 4.57 Å². The third kappa shape index (κ3) is 3.39. The van der Waals surface area contributed by atoms with Crippen LogP contribution in [0.1, 0.15) is 36.0 Å². The second-order valence-corrected chi connectivity index (χ2v) is 5.31. The second-order valence-electron chi connectivity index (χ2n) is 5.31. The van der Waals surface area contributed by atoms with Gasteiger partial charge >= 0.3 is 12.4 Å². The normalized spacial score (nSPS) is 17.3. The fraction of sp³-hybridized carbons (Fsp3) is 0.353. The maximum Gasteiger partial charge on any atom is 0.417 e. The second kappa shape index (κ2) is 5.79. The lowest BCUT2D eigenvalue weighted by atomic mass is 9.93. The van der Waals surface area contributed by atoms with E-state index in [2.05, 4.69) is 0 Å². The highest BCUT2D eigenvalue weighted by Crippen LogP contribution is 2.42. The maximum absolute atomic E-state index is 13.6. The first kappa shape index (κ1) is 11.5. The Bertz CT molecular complexity index is 973. The van der Waals surface area contributed by atoms with E-state index in [1.54, 1.807) is 0 Å². The van der Waals surface area contributed by atoms with Crippen molar-refractivity contribution in [2.45, 2.75) is 33.0 Å². The van der Waals surface area contributed by atoms with Gasteiger partial charge in [-0.25, -0.2) is 4.57 Å². The Morgan fingerprint density at radius 3 is 2.00 bits per heavy atom. The molecule has 2 rings (SSSR count). The minimum absolute atomic E-state index is 0.0466. The summed E-state index contributed by atoms with van der Waals surface area (Å²) in [6.07, 6.45) is -9.35. The molecule has 0 fully saturated rings. The van der Waals surface area contributed by atoms with E-state index in [0.29, 0.717) is 6.07 Å². The molecule has 1 aromatic carbocycles. The van der Waals surface area contributed by atoms with Crippen molar-refractivity contribution in [3.05, 3.63) is 52.2 Å². The molecule has 24 heavy (non-hydrogen) atoms. The van der Waals surface area contributed by atoms with Gasteiger partial charge in [-0.2, -0.15) is 26.3 Å². The summed E-state index contributed by atoms with van der Waals surface area (Å²) in [5.41, 5.74) is -5.86. The molecule has 0 saturated heterocycles. The van der Waals surface area contributed by atoms with Crippen molar-refractivity contribution in [3.8, 4) is 11.3 Å². The molecule has 0 saturated carbocycles. The van der Waals surface area contributed by atoms with Gasteiger partial charge in [-0.1, -0.05) is 0 Å². The Kier molecular flexibility index (Phi) is 2.77. The van der Waals surface area contributed by atoms with E-state index in [4.69, 9.17) is 8.22 Å². The van der Waals surface area contributed by atoms with Gasteiger partial charge in [0.05, 0.1) is 16.7 Å². The van der Waals surface area contributed by atoms with Gasteiger partial charge in [0, 0.05) is 19.9 Å². The topological polar surface area (TPSA) is 3.88 Å². The lowest BCUT2D eigenvalue weighted by Crippen LogP contribution is -2.32. The van der Waals surface area contributed by atoms with Crippen LogP contribution in [-0.4, -0.2) is 0 Å². The van der Waals surface area contributed by atoms with Gasteiger partial charge in [0.2, 0.25) is 5.69 Å². The smallest absolute Gasteiger partial charge is 0.201 e. The highest BCUT2D eigenvalue weighted by atomic mass is 19.4. The highest BCUT2D eigenvalue weighted by molar-refractivity contribution is 5.68. The number of benzene rings is 1. The zero-order valence-corrected chi connectivity index (χ0v) is 12.5. The highest BCUT2D eigenvalue weighted by Gasteiger charge is 2.40. The predicted molar refractivity (Wildman–Crippen MR) is 77.3 cm³/mol. The molecule has 130 valence electrons. The van der Waals surface area contributed by atoms with Gasteiger partial charge in [0.1, 0.15) is 7.05 Å². The minimum atomic E-state index is -5.18. The van der Waals surface area contributed by atoms with Gasteiger partial charge in [-0.3, -0.25) is 0 Å². The molecule has 0 atom stereocenters. The van der Waals surface area contributed by atoms with Crippen LogP contribution in [-0.2, 0) is 19.4 Å². The molecule has 0 spiro atoms. The number of aryl methyl sites for hydroxylation is 4. The molecular weight excluding hydrogens is 332 g/mol. The minimum Gasteiger partial charge on any atom is -0.201 e. The zero-order valence-electron chi connectivity index (χ0n) is 18.5. The van der Waals surface area contributed by atoms with Crippen molar-refractivity contribution >= 4 is 0 Å². The standard InChI is InChI=1S/C17H16F6N/c1-9-6-14(24(4)8-11(9)3)15-10(2)5-12(16(18,19)20)7-13(15)17(21,22)23/h5-8H,1-4H3/q+1/i1D3,3D3. The summed E-state index contributed by atoms with van der Waals surface area (Å²) in [7, 11) is 1.19. The van der Waals surface area contributed by atoms with Gasteiger partial charge in [0.15, 0.2) is 6.20 Å². The zero-order chi connectivity index (χ0) is 23.4. The quantitative estimate of drug-likeness (QED) is 0.493. The van der Waals surface area contributed by atoms with Crippen molar-refractivity contribution in [1.29, 1.82) is 0 Å². The third-order valence-electron chi connectivity index (χ3n) is 3.50. The van der Waals surface area contributed by atoms with E-state index in [1.807, 2.05) is 0 Å². The molecule has 0 aliphatic heterocycles. The molecule has 1 heterocycles. The van der Waals surface area contributed by atoms with Gasteiger partial charge in [0.25, 0.3) is 0 Å². The molecular formula is C17H16F6N+. The van der Waals surface area contributed by atoms with E-state index < -0.39 is 59.4 Å². The third-order valence-corrected chi connectivity index (χ3v) is 3.50. The van der Waals surface area contributed by atoms with Crippen LogP contribution in [0.2, 0.25) is 0 Å². The number of aromatic nitrogens is 1. The number of pyridine rings is 1. The van der Waals surface area contributed by atoms with Crippen molar-refractivity contribution in [2.75, 3.05) is 0 Å². The van der Waals surface area contributed by atoms with Crippen LogP contribution in [0, 0.1) is 20.6 Å². The molecule has 1 aromatic heterocycles. The van der Waals surface area contributed by atoms with Gasteiger partial charge in [-0.15, -0.1) is 0 Å². The summed E-state index contributed by atoms with van der Waals surface area (Å²) >= 11 is 0. The van der Waals surface area contributed by atoms with Crippen molar-refractivity contribution < 1.29 is 39.1 Å².